The van der Waals surface area contributed by atoms with Crippen LogP contribution >= 0.6 is 0 Å². The van der Waals surface area contributed by atoms with E-state index in [1.54, 1.807) is 0 Å². The van der Waals surface area contributed by atoms with E-state index in [-0.39, 0.29) is 5.56 Å². The molecule has 0 radical (unpaired) electrons. The molecule has 0 spiro atoms. The molecule has 2 aliphatic rings. The molecule has 2 aliphatic heterocycles. The summed E-state index contributed by atoms with van der Waals surface area (Å²) in [7, 11) is 1.45. The Labute approximate surface area is 105 Å². The molecule has 0 saturated carbocycles. The molecule has 0 N–H and O–H groups in total. The lowest BCUT2D eigenvalue weighted by molar-refractivity contribution is 0.671. The first kappa shape index (κ1) is 12.5. The van der Waals surface area contributed by atoms with Crippen molar-refractivity contribution in [1.29, 1.82) is 0 Å². The van der Waals surface area contributed by atoms with E-state index in [1.165, 1.54) is 7.05 Å². The van der Waals surface area contributed by atoms with Gasteiger partial charge in [0, 0.05) is 19.3 Å². The molecular weight excluding hydrogens is 230 g/mol. The lowest BCUT2D eigenvalue weighted by Crippen LogP contribution is -2.36. The largest absolute Gasteiger partial charge is 0.352 e. The van der Waals surface area contributed by atoms with Crippen molar-refractivity contribution in [2.75, 3.05) is 0 Å². The van der Waals surface area contributed by atoms with Crippen LogP contribution in [0, 0.1) is 6.92 Å². The van der Waals surface area contributed by atoms with Gasteiger partial charge in [0.25, 0.3) is 5.56 Å². The number of hydrogen-bond donors (Lipinski definition) is 0. The summed E-state index contributed by atoms with van der Waals surface area (Å²) >= 11 is 0. The Balaban J connectivity index is 3.02. The molecule has 0 aromatic rings. The van der Waals surface area contributed by atoms with Crippen LogP contribution in [0.25, 0.3) is 11.4 Å². The summed E-state index contributed by atoms with van der Waals surface area (Å²) in [5.74, 6) is 0.494. The van der Waals surface area contributed by atoms with Gasteiger partial charge in [0.05, 0.1) is 5.56 Å². The molecule has 5 nitrogen and oxygen atoms in total. The topological polar surface area (TPSA) is 56.9 Å². The highest BCUT2D eigenvalue weighted by Gasteiger charge is 2.18. The van der Waals surface area contributed by atoms with Gasteiger partial charge in [-0.2, -0.15) is 4.98 Å². The minimum atomic E-state index is -0.499. The molecule has 0 fully saturated rings. The van der Waals surface area contributed by atoms with E-state index >= 15 is 0 Å². The van der Waals surface area contributed by atoms with Crippen molar-refractivity contribution in [3.8, 4) is 11.4 Å². The second kappa shape index (κ2) is 4.40. The first-order chi connectivity index (χ1) is 8.51. The number of aromatic nitrogens is 3. The summed E-state index contributed by atoms with van der Waals surface area (Å²) in [5.41, 5.74) is 1.90. The van der Waals surface area contributed by atoms with E-state index in [0.29, 0.717) is 17.9 Å². The van der Waals surface area contributed by atoms with Crippen LogP contribution in [0.5, 0.6) is 0 Å². The number of hydrogen-bond acceptors (Lipinski definition) is 3. The van der Waals surface area contributed by atoms with E-state index in [1.807, 2.05) is 24.5 Å². The maximum Gasteiger partial charge on any atom is 0.352 e. The molecule has 0 bridgehead atoms. The molecule has 2 heterocycles. The molecule has 96 valence electrons. The summed E-state index contributed by atoms with van der Waals surface area (Å²) in [4.78, 5) is 27.8. The standard InChI is InChI=1S/C13H17N3O2/c1-5-10-8(3)7-9-11(16(10)6-2)14-13(18)15(4)12(9)17/h7H,5-6H2,1-4H3. The normalized spacial score (nSPS) is 11.1. The first-order valence-electron chi connectivity index (χ1n) is 6.11. The zero-order valence-electron chi connectivity index (χ0n) is 11.1. The van der Waals surface area contributed by atoms with Gasteiger partial charge in [-0.1, -0.05) is 6.92 Å². The van der Waals surface area contributed by atoms with Crippen molar-refractivity contribution < 1.29 is 0 Å². The van der Waals surface area contributed by atoms with E-state index in [0.717, 1.165) is 22.2 Å². The molecule has 0 aromatic heterocycles. The lowest BCUT2D eigenvalue weighted by Gasteiger charge is -2.19. The summed E-state index contributed by atoms with van der Waals surface area (Å²) in [6.45, 7) is 6.72. The van der Waals surface area contributed by atoms with Crippen LogP contribution in [0.3, 0.4) is 0 Å². The van der Waals surface area contributed by atoms with Gasteiger partial charge in [0.2, 0.25) is 0 Å². The Hall–Kier alpha value is -1.91. The number of rotatable bonds is 2. The fourth-order valence-corrected chi connectivity index (χ4v) is 2.37. The third-order valence-electron chi connectivity index (χ3n) is 3.31. The van der Waals surface area contributed by atoms with Crippen molar-refractivity contribution in [2.45, 2.75) is 33.7 Å². The average Bonchev–Trinajstić information content (AvgIpc) is 2.36. The minimum absolute atomic E-state index is 0.280. The van der Waals surface area contributed by atoms with Crippen LogP contribution in [0.1, 0.15) is 25.1 Å². The highest BCUT2D eigenvalue weighted by Crippen LogP contribution is 2.21. The highest BCUT2D eigenvalue weighted by molar-refractivity contribution is 5.57. The summed E-state index contributed by atoms with van der Waals surface area (Å²) in [6, 6.07) is 1.83. The SMILES string of the molecule is CCc1c(C)cc2c(=O)n(C)c(=O)nc-2n1CC. The van der Waals surface area contributed by atoms with Crippen molar-refractivity contribution in [3.05, 3.63) is 38.2 Å². The van der Waals surface area contributed by atoms with Gasteiger partial charge in [0.15, 0.2) is 5.82 Å². The van der Waals surface area contributed by atoms with Gasteiger partial charge in [0.1, 0.15) is 0 Å². The van der Waals surface area contributed by atoms with Crippen molar-refractivity contribution in [1.82, 2.24) is 14.1 Å². The maximum absolute atomic E-state index is 12.1. The molecule has 0 aromatic carbocycles. The van der Waals surface area contributed by atoms with Crippen molar-refractivity contribution in [3.63, 3.8) is 0 Å². The molecule has 0 atom stereocenters. The van der Waals surface area contributed by atoms with Gasteiger partial charge < -0.3 is 4.57 Å². The Morgan fingerprint density at radius 3 is 2.50 bits per heavy atom. The molecule has 0 saturated heterocycles. The van der Waals surface area contributed by atoms with Crippen LogP contribution in [-0.2, 0) is 20.0 Å². The highest BCUT2D eigenvalue weighted by atomic mass is 16.2. The summed E-state index contributed by atoms with van der Waals surface area (Å²) in [5, 5.41) is 0. The predicted molar refractivity (Wildman–Crippen MR) is 70.1 cm³/mol. The molecule has 0 unspecified atom stereocenters. The summed E-state index contributed by atoms with van der Waals surface area (Å²) in [6.07, 6.45) is 0.848. The average molecular weight is 247 g/mol. The lowest BCUT2D eigenvalue weighted by atomic mass is 10.1. The summed E-state index contributed by atoms with van der Waals surface area (Å²) < 4.78 is 3.00. The fourth-order valence-electron chi connectivity index (χ4n) is 2.37. The van der Waals surface area contributed by atoms with Crippen LogP contribution in [0.15, 0.2) is 15.7 Å². The van der Waals surface area contributed by atoms with Crippen LogP contribution in [-0.4, -0.2) is 14.1 Å². The molecule has 2 rings (SSSR count). The third-order valence-corrected chi connectivity index (χ3v) is 3.31. The molecule has 5 heteroatoms. The number of fused-ring (bicyclic) bond motifs is 1. The Morgan fingerprint density at radius 1 is 1.28 bits per heavy atom. The molecule has 18 heavy (non-hydrogen) atoms. The van der Waals surface area contributed by atoms with Gasteiger partial charge in [-0.05, 0) is 31.9 Å². The zero-order chi connectivity index (χ0) is 13.4. The minimum Gasteiger partial charge on any atom is -0.329 e. The van der Waals surface area contributed by atoms with Crippen LogP contribution in [0.4, 0.5) is 0 Å². The van der Waals surface area contributed by atoms with Gasteiger partial charge in [-0.3, -0.25) is 9.36 Å². The van der Waals surface area contributed by atoms with Crippen molar-refractivity contribution in [2.24, 2.45) is 7.05 Å². The second-order valence-electron chi connectivity index (χ2n) is 4.37. The van der Waals surface area contributed by atoms with E-state index < -0.39 is 5.69 Å². The van der Waals surface area contributed by atoms with E-state index in [9.17, 15) is 9.59 Å². The van der Waals surface area contributed by atoms with Crippen molar-refractivity contribution >= 4 is 0 Å². The smallest absolute Gasteiger partial charge is 0.329 e. The molecule has 0 aliphatic carbocycles. The Morgan fingerprint density at radius 2 is 1.94 bits per heavy atom. The van der Waals surface area contributed by atoms with Crippen LogP contribution < -0.4 is 11.2 Å². The maximum atomic E-state index is 12.1. The number of pyridine rings is 1. The quantitative estimate of drug-likeness (QED) is 0.793. The van der Waals surface area contributed by atoms with Crippen LogP contribution in [0.2, 0.25) is 0 Å². The van der Waals surface area contributed by atoms with Gasteiger partial charge in [-0.25, -0.2) is 4.79 Å². The Bertz CT molecular complexity index is 682. The number of aryl methyl sites for hydroxylation is 1. The van der Waals surface area contributed by atoms with Gasteiger partial charge >= 0.3 is 5.69 Å². The van der Waals surface area contributed by atoms with E-state index in [4.69, 9.17) is 0 Å². The molecule has 0 amide bonds. The zero-order valence-corrected chi connectivity index (χ0v) is 11.1. The fraction of sp³-hybridized carbons (Fsp3) is 0.462. The second-order valence-corrected chi connectivity index (χ2v) is 4.37. The Kier molecular flexibility index (Phi) is 3.07. The van der Waals surface area contributed by atoms with Gasteiger partial charge in [-0.15, -0.1) is 0 Å². The number of nitrogens with zero attached hydrogens (tertiary/aromatic N) is 3. The first-order valence-corrected chi connectivity index (χ1v) is 6.11. The third kappa shape index (κ3) is 1.66. The van der Waals surface area contributed by atoms with E-state index in [2.05, 4.69) is 11.9 Å². The monoisotopic (exact) mass is 247 g/mol. The predicted octanol–water partition coefficient (Wildman–Crippen LogP) is 0.938. The molecular formula is C13H17N3O2.